The molecule has 0 aromatic heterocycles. The predicted molar refractivity (Wildman–Crippen MR) is 158 cm³/mol. The number of unbranched alkanes of at least 4 members (excludes halogenated alkanes) is 1. The van der Waals surface area contributed by atoms with Gasteiger partial charge in [-0.05, 0) is 108 Å². The molecule has 0 radical (unpaired) electrons. The Morgan fingerprint density at radius 3 is 2.17 bits per heavy atom. The second-order valence-electron chi connectivity index (χ2n) is 11.7. The van der Waals surface area contributed by atoms with E-state index in [4.69, 9.17) is 9.47 Å². The van der Waals surface area contributed by atoms with Crippen LogP contribution in [0.1, 0.15) is 81.9 Å². The average molecular weight is 550 g/mol. The molecule has 1 atom stereocenters. The number of aryl methyl sites for hydroxylation is 1. The van der Waals surface area contributed by atoms with Gasteiger partial charge >= 0.3 is 5.97 Å². The topological polar surface area (TPSA) is 76.1 Å². The number of aliphatic carboxylic acids is 1. The van der Waals surface area contributed by atoms with E-state index in [-0.39, 0.29) is 18.1 Å². The van der Waals surface area contributed by atoms with Gasteiger partial charge in [-0.15, -0.1) is 0 Å². The first-order valence-corrected chi connectivity index (χ1v) is 15.3. The van der Waals surface area contributed by atoms with Gasteiger partial charge in [0.15, 0.2) is 0 Å². The van der Waals surface area contributed by atoms with Crippen LogP contribution in [0.3, 0.4) is 0 Å². The average Bonchev–Trinajstić information content (AvgIpc) is 3.45. The molecule has 2 aromatic rings. The van der Waals surface area contributed by atoms with Crippen molar-refractivity contribution in [3.8, 4) is 11.5 Å². The predicted octanol–water partition coefficient (Wildman–Crippen LogP) is 6.65. The van der Waals surface area contributed by atoms with Crippen molar-refractivity contribution in [1.29, 1.82) is 0 Å². The lowest BCUT2D eigenvalue weighted by molar-refractivity contribution is -0.162. The Morgan fingerprint density at radius 1 is 0.975 bits per heavy atom. The molecule has 1 saturated heterocycles. The van der Waals surface area contributed by atoms with Gasteiger partial charge in [-0.25, -0.2) is 0 Å². The monoisotopic (exact) mass is 549 g/mol. The number of hydrogen-bond acceptors (Lipinski definition) is 5. The van der Waals surface area contributed by atoms with Crippen LogP contribution < -0.4 is 9.47 Å². The summed E-state index contributed by atoms with van der Waals surface area (Å²) >= 11 is 0. The molecule has 40 heavy (non-hydrogen) atoms. The highest BCUT2D eigenvalue weighted by Gasteiger charge is 2.53. The molecule has 218 valence electrons. The number of rotatable bonds is 16. The maximum Gasteiger partial charge on any atom is 0.310 e. The normalized spacial score (nSPS) is 21.5. The molecule has 4 rings (SSSR count). The standard InChI is InChI=1S/C34H47NO5/c1-4-39-31-20-27(21-32(25(31)3)40-5-2)19-28(16-10-9-15-26-13-7-6-8-14-26)30(36)24-34(33(37)38)22-29(23-34)35-17-11-12-18-35/h6-8,13-14,20-21,28-29H,4-5,9-12,15-19,22-24H2,1-3H3,(H,37,38). The van der Waals surface area contributed by atoms with Gasteiger partial charge in [0.05, 0.1) is 18.6 Å². The van der Waals surface area contributed by atoms with Gasteiger partial charge < -0.3 is 19.5 Å². The van der Waals surface area contributed by atoms with E-state index in [0.29, 0.717) is 38.5 Å². The highest BCUT2D eigenvalue weighted by Crippen LogP contribution is 2.48. The van der Waals surface area contributed by atoms with Crippen molar-refractivity contribution in [2.24, 2.45) is 11.3 Å². The van der Waals surface area contributed by atoms with Crippen LogP contribution in [0.2, 0.25) is 0 Å². The van der Waals surface area contributed by atoms with Crippen LogP contribution in [0.5, 0.6) is 11.5 Å². The fourth-order valence-electron chi connectivity index (χ4n) is 6.55. The number of hydrogen-bond donors (Lipinski definition) is 1. The zero-order valence-electron chi connectivity index (χ0n) is 24.6. The minimum Gasteiger partial charge on any atom is -0.493 e. The van der Waals surface area contributed by atoms with Crippen molar-refractivity contribution in [3.05, 3.63) is 59.2 Å². The van der Waals surface area contributed by atoms with Crippen molar-refractivity contribution < 1.29 is 24.2 Å². The molecule has 6 heteroatoms. The summed E-state index contributed by atoms with van der Waals surface area (Å²) in [5.74, 6) is 0.607. The summed E-state index contributed by atoms with van der Waals surface area (Å²) in [7, 11) is 0. The van der Waals surface area contributed by atoms with E-state index in [0.717, 1.165) is 61.4 Å². The van der Waals surface area contributed by atoms with Crippen molar-refractivity contribution in [1.82, 2.24) is 4.90 Å². The first-order chi connectivity index (χ1) is 19.3. The SMILES string of the molecule is CCOc1cc(CC(CCCCc2ccccc2)C(=O)CC2(C(=O)O)CC(N3CCCC3)C2)cc(OCC)c1C. The van der Waals surface area contributed by atoms with Crippen LogP contribution >= 0.6 is 0 Å². The Morgan fingerprint density at radius 2 is 1.60 bits per heavy atom. The summed E-state index contributed by atoms with van der Waals surface area (Å²) in [6.45, 7) is 9.13. The van der Waals surface area contributed by atoms with Gasteiger partial charge in [0.1, 0.15) is 17.3 Å². The minimum absolute atomic E-state index is 0.0819. The highest BCUT2D eigenvalue weighted by atomic mass is 16.5. The van der Waals surface area contributed by atoms with Gasteiger partial charge in [-0.2, -0.15) is 0 Å². The highest BCUT2D eigenvalue weighted by molar-refractivity contribution is 5.88. The summed E-state index contributed by atoms with van der Waals surface area (Å²) in [5.41, 5.74) is 2.35. The number of ketones is 1. The first kappa shape index (κ1) is 30.1. The van der Waals surface area contributed by atoms with Crippen LogP contribution in [-0.2, 0) is 22.4 Å². The number of carbonyl (C=O) groups excluding carboxylic acids is 1. The molecule has 1 unspecified atom stereocenters. The van der Waals surface area contributed by atoms with E-state index in [1.54, 1.807) is 0 Å². The number of likely N-dealkylation sites (tertiary alicyclic amines) is 1. The lowest BCUT2D eigenvalue weighted by atomic mass is 9.61. The number of nitrogens with zero attached hydrogens (tertiary/aromatic N) is 1. The molecular formula is C34H47NO5. The lowest BCUT2D eigenvalue weighted by Crippen LogP contribution is -2.55. The minimum atomic E-state index is -0.924. The second-order valence-corrected chi connectivity index (χ2v) is 11.7. The van der Waals surface area contributed by atoms with E-state index in [2.05, 4.69) is 29.2 Å². The Hall–Kier alpha value is -2.86. The maximum atomic E-state index is 13.9. The van der Waals surface area contributed by atoms with Crippen LogP contribution in [0.25, 0.3) is 0 Å². The Balaban J connectivity index is 1.49. The molecule has 0 bridgehead atoms. The van der Waals surface area contributed by atoms with Crippen molar-refractivity contribution >= 4 is 11.8 Å². The summed E-state index contributed by atoms with van der Waals surface area (Å²) < 4.78 is 11.8. The summed E-state index contributed by atoms with van der Waals surface area (Å²) in [4.78, 5) is 28.8. The number of benzene rings is 2. The molecule has 1 N–H and O–H groups in total. The van der Waals surface area contributed by atoms with Crippen molar-refractivity contribution in [3.63, 3.8) is 0 Å². The molecule has 0 amide bonds. The van der Waals surface area contributed by atoms with Crippen LogP contribution in [-0.4, -0.2) is 54.1 Å². The van der Waals surface area contributed by atoms with Gasteiger partial charge in [0.25, 0.3) is 0 Å². The Bertz CT molecular complexity index is 1090. The third-order valence-electron chi connectivity index (χ3n) is 8.90. The molecule has 0 spiro atoms. The molecule has 6 nitrogen and oxygen atoms in total. The molecule has 2 aliphatic rings. The molecule has 1 aliphatic heterocycles. The quantitative estimate of drug-likeness (QED) is 0.236. The van der Waals surface area contributed by atoms with Gasteiger partial charge in [-0.1, -0.05) is 36.8 Å². The van der Waals surface area contributed by atoms with Crippen molar-refractivity contribution in [2.75, 3.05) is 26.3 Å². The molecule has 2 fully saturated rings. The Kier molecular flexibility index (Phi) is 10.7. The molecular weight excluding hydrogens is 502 g/mol. The Labute approximate surface area is 240 Å². The zero-order valence-corrected chi connectivity index (χ0v) is 24.6. The molecule has 1 saturated carbocycles. The molecule has 1 aliphatic carbocycles. The second kappa shape index (κ2) is 14.2. The smallest absolute Gasteiger partial charge is 0.310 e. The summed E-state index contributed by atoms with van der Waals surface area (Å²) in [6.07, 6.45) is 7.88. The van der Waals surface area contributed by atoms with E-state index >= 15 is 0 Å². The van der Waals surface area contributed by atoms with E-state index in [9.17, 15) is 14.7 Å². The third-order valence-corrected chi connectivity index (χ3v) is 8.90. The van der Waals surface area contributed by atoms with E-state index < -0.39 is 11.4 Å². The molecule has 1 heterocycles. The summed E-state index contributed by atoms with van der Waals surface area (Å²) in [6, 6.07) is 14.8. The summed E-state index contributed by atoms with van der Waals surface area (Å²) in [5, 5.41) is 10.2. The van der Waals surface area contributed by atoms with Gasteiger partial charge in [-0.3, -0.25) is 9.59 Å². The number of carbonyl (C=O) groups is 2. The first-order valence-electron chi connectivity index (χ1n) is 15.3. The van der Waals surface area contributed by atoms with Gasteiger partial charge in [0, 0.05) is 23.9 Å². The zero-order chi connectivity index (χ0) is 28.5. The number of ether oxygens (including phenoxy) is 2. The van der Waals surface area contributed by atoms with Crippen LogP contribution in [0.15, 0.2) is 42.5 Å². The maximum absolute atomic E-state index is 13.9. The van der Waals surface area contributed by atoms with Gasteiger partial charge in [0.2, 0.25) is 0 Å². The number of Topliss-reactive ketones (excluding diaryl/α,β-unsaturated/α-hetero) is 1. The van der Waals surface area contributed by atoms with Crippen LogP contribution in [0, 0.1) is 18.3 Å². The van der Waals surface area contributed by atoms with Crippen molar-refractivity contribution in [2.45, 2.75) is 91.0 Å². The third kappa shape index (κ3) is 7.45. The fraction of sp³-hybridized carbons (Fsp3) is 0.588. The lowest BCUT2D eigenvalue weighted by Gasteiger charge is -2.48. The van der Waals surface area contributed by atoms with E-state index in [1.165, 1.54) is 18.4 Å². The number of carboxylic acid groups (broad SMARTS) is 1. The van der Waals surface area contributed by atoms with Crippen LogP contribution in [0.4, 0.5) is 0 Å². The largest absolute Gasteiger partial charge is 0.493 e. The molecule has 2 aromatic carbocycles. The fourth-order valence-corrected chi connectivity index (χ4v) is 6.55. The number of carboxylic acids is 1. The van der Waals surface area contributed by atoms with E-state index in [1.807, 2.05) is 39.0 Å².